The Morgan fingerprint density at radius 3 is 2.71 bits per heavy atom. The Kier molecular flexibility index (Phi) is 4.28. The maximum Gasteiger partial charge on any atom is 0.220 e. The summed E-state index contributed by atoms with van der Waals surface area (Å²) in [6.07, 6.45) is 10.4. The number of hydrogen-bond acceptors (Lipinski definition) is 3. The molecule has 0 radical (unpaired) electrons. The van der Waals surface area contributed by atoms with Crippen molar-refractivity contribution >= 4 is 5.91 Å². The van der Waals surface area contributed by atoms with E-state index in [1.54, 1.807) is 0 Å². The first-order valence-corrected chi connectivity index (χ1v) is 8.78. The minimum atomic E-state index is -0.490. The van der Waals surface area contributed by atoms with Crippen LogP contribution >= 0.6 is 0 Å². The molecule has 1 aliphatic carbocycles. The first kappa shape index (κ1) is 15.3. The molecule has 0 unspecified atom stereocenters. The van der Waals surface area contributed by atoms with Crippen LogP contribution < -0.4 is 5.32 Å². The fourth-order valence-electron chi connectivity index (χ4n) is 4.69. The lowest BCUT2D eigenvalue weighted by molar-refractivity contribution is -0.124. The van der Waals surface area contributed by atoms with Crippen molar-refractivity contribution in [2.45, 2.75) is 88.3 Å². The fourth-order valence-corrected chi connectivity index (χ4v) is 4.69. The molecule has 0 spiro atoms. The van der Waals surface area contributed by atoms with Gasteiger partial charge in [-0.3, -0.25) is 9.69 Å². The van der Waals surface area contributed by atoms with Crippen LogP contribution in [-0.2, 0) is 4.79 Å². The summed E-state index contributed by atoms with van der Waals surface area (Å²) in [5, 5.41) is 14.1. The van der Waals surface area contributed by atoms with Crippen molar-refractivity contribution in [2.75, 3.05) is 13.1 Å². The molecule has 4 heteroatoms. The Morgan fingerprint density at radius 2 is 1.95 bits per heavy atom. The van der Waals surface area contributed by atoms with Gasteiger partial charge >= 0.3 is 0 Å². The molecule has 3 aliphatic rings. The van der Waals surface area contributed by atoms with Gasteiger partial charge in [0.15, 0.2) is 0 Å². The molecule has 2 aliphatic heterocycles. The average Bonchev–Trinajstić information content (AvgIpc) is 2.69. The van der Waals surface area contributed by atoms with Crippen molar-refractivity contribution < 1.29 is 9.90 Å². The van der Waals surface area contributed by atoms with Crippen LogP contribution in [-0.4, -0.2) is 46.2 Å². The van der Waals surface area contributed by atoms with Crippen molar-refractivity contribution in [3.8, 4) is 0 Å². The van der Waals surface area contributed by atoms with Crippen molar-refractivity contribution in [2.24, 2.45) is 0 Å². The van der Waals surface area contributed by atoms with Crippen LogP contribution in [0.15, 0.2) is 0 Å². The monoisotopic (exact) mass is 294 g/mol. The maximum absolute atomic E-state index is 12.0. The lowest BCUT2D eigenvalue weighted by Crippen LogP contribution is -2.57. The second-order valence-corrected chi connectivity index (χ2v) is 7.73. The molecule has 2 N–H and O–H groups in total. The number of rotatable bonds is 2. The third kappa shape index (κ3) is 3.26. The molecule has 0 bridgehead atoms. The zero-order valence-electron chi connectivity index (χ0n) is 13.4. The van der Waals surface area contributed by atoms with Crippen LogP contribution in [0.5, 0.6) is 0 Å². The molecule has 0 aromatic heterocycles. The largest absolute Gasteiger partial charge is 0.389 e. The van der Waals surface area contributed by atoms with Crippen LogP contribution in [0.4, 0.5) is 0 Å². The molecule has 1 amide bonds. The highest BCUT2D eigenvalue weighted by Gasteiger charge is 2.47. The number of β-amino-alcohol motifs (C(OH)–C–C–N with tert-alkyl or cyclic N) is 1. The zero-order chi connectivity index (χ0) is 14.9. The van der Waals surface area contributed by atoms with Crippen LogP contribution in [0.25, 0.3) is 0 Å². The lowest BCUT2D eigenvalue weighted by atomic mass is 9.83. The molecule has 4 nitrogen and oxygen atoms in total. The summed E-state index contributed by atoms with van der Waals surface area (Å²) in [4.78, 5) is 14.4. The molecule has 3 rings (SSSR count). The second-order valence-electron chi connectivity index (χ2n) is 7.73. The summed E-state index contributed by atoms with van der Waals surface area (Å²) in [6.45, 7) is 4.00. The van der Waals surface area contributed by atoms with Gasteiger partial charge < -0.3 is 10.4 Å². The van der Waals surface area contributed by atoms with E-state index in [0.29, 0.717) is 12.5 Å². The molecule has 2 heterocycles. The van der Waals surface area contributed by atoms with E-state index in [9.17, 15) is 9.90 Å². The topological polar surface area (TPSA) is 52.6 Å². The maximum atomic E-state index is 12.0. The Labute approximate surface area is 128 Å². The number of nitrogens with one attached hydrogen (secondary N) is 1. The summed E-state index contributed by atoms with van der Waals surface area (Å²) < 4.78 is 0. The summed E-state index contributed by atoms with van der Waals surface area (Å²) >= 11 is 0. The fraction of sp³-hybridized carbons (Fsp3) is 0.941. The highest BCUT2D eigenvalue weighted by atomic mass is 16.3. The van der Waals surface area contributed by atoms with E-state index in [-0.39, 0.29) is 11.4 Å². The van der Waals surface area contributed by atoms with Crippen molar-refractivity contribution in [3.63, 3.8) is 0 Å². The number of likely N-dealkylation sites (tertiary alicyclic amines) is 1. The van der Waals surface area contributed by atoms with E-state index in [4.69, 9.17) is 0 Å². The summed E-state index contributed by atoms with van der Waals surface area (Å²) in [7, 11) is 0. The molecule has 0 aromatic carbocycles. The number of amides is 1. The normalized spacial score (nSPS) is 37.4. The summed E-state index contributed by atoms with van der Waals surface area (Å²) in [5.41, 5.74) is -0.585. The van der Waals surface area contributed by atoms with Crippen molar-refractivity contribution in [1.82, 2.24) is 10.2 Å². The number of carbonyl (C=O) groups excluding carboxylic acids is 1. The third-order valence-corrected chi connectivity index (χ3v) is 5.93. The molecule has 2 saturated heterocycles. The van der Waals surface area contributed by atoms with Gasteiger partial charge in [-0.25, -0.2) is 0 Å². The highest BCUT2D eigenvalue weighted by molar-refractivity contribution is 5.77. The second kappa shape index (κ2) is 5.88. The van der Waals surface area contributed by atoms with Crippen molar-refractivity contribution in [1.29, 1.82) is 0 Å². The van der Waals surface area contributed by atoms with E-state index in [1.807, 2.05) is 0 Å². The number of nitrogens with zero attached hydrogens (tertiary/aromatic N) is 1. The van der Waals surface area contributed by atoms with Gasteiger partial charge in [-0.05, 0) is 39.0 Å². The molecule has 2 atom stereocenters. The minimum Gasteiger partial charge on any atom is -0.389 e. The van der Waals surface area contributed by atoms with Crippen LogP contribution in [0.3, 0.4) is 0 Å². The van der Waals surface area contributed by atoms with Gasteiger partial charge in [0, 0.05) is 25.6 Å². The predicted molar refractivity (Wildman–Crippen MR) is 83.0 cm³/mol. The number of aliphatic hydroxyl groups is 1. The van der Waals surface area contributed by atoms with Gasteiger partial charge in [-0.2, -0.15) is 0 Å². The third-order valence-electron chi connectivity index (χ3n) is 5.93. The molecule has 21 heavy (non-hydrogen) atoms. The summed E-state index contributed by atoms with van der Waals surface area (Å²) in [5.74, 6) is 0.209. The van der Waals surface area contributed by atoms with E-state index >= 15 is 0 Å². The lowest BCUT2D eigenvalue weighted by Gasteiger charge is -2.42. The van der Waals surface area contributed by atoms with Gasteiger partial charge in [0.05, 0.1) is 11.1 Å². The Balaban J connectivity index is 1.70. The van der Waals surface area contributed by atoms with E-state index in [1.165, 1.54) is 6.42 Å². The van der Waals surface area contributed by atoms with Gasteiger partial charge in [-0.15, -0.1) is 0 Å². The quantitative estimate of drug-likeness (QED) is 0.821. The van der Waals surface area contributed by atoms with Gasteiger partial charge in [0.1, 0.15) is 0 Å². The van der Waals surface area contributed by atoms with Crippen LogP contribution in [0.1, 0.15) is 71.1 Å². The highest BCUT2D eigenvalue weighted by Crippen LogP contribution is 2.37. The molecule has 120 valence electrons. The Hall–Kier alpha value is -0.610. The standard InChI is InChI=1S/C17H30N2O2/c1-16-11-12-19(13-17(21)9-5-2-6-10-17)14(16)7-3-4-8-15(20)18-16/h14,21H,2-13H2,1H3,(H,18,20)/t14-,16-/m0/s1. The van der Waals surface area contributed by atoms with Crippen LogP contribution in [0.2, 0.25) is 0 Å². The molecule has 3 fully saturated rings. The van der Waals surface area contributed by atoms with Gasteiger partial charge in [-0.1, -0.05) is 25.7 Å². The minimum absolute atomic E-state index is 0.0947. The zero-order valence-corrected chi connectivity index (χ0v) is 13.4. The first-order valence-electron chi connectivity index (χ1n) is 8.78. The first-order chi connectivity index (χ1) is 10.0. The molecule has 0 aromatic rings. The Morgan fingerprint density at radius 1 is 1.19 bits per heavy atom. The van der Waals surface area contributed by atoms with Gasteiger partial charge in [0.25, 0.3) is 0 Å². The summed E-state index contributed by atoms with van der Waals surface area (Å²) in [6, 6.07) is 0.396. The van der Waals surface area contributed by atoms with E-state index in [2.05, 4.69) is 17.1 Å². The average molecular weight is 294 g/mol. The van der Waals surface area contributed by atoms with Crippen LogP contribution in [0, 0.1) is 0 Å². The smallest absolute Gasteiger partial charge is 0.220 e. The number of fused-ring (bicyclic) bond motifs is 1. The number of carbonyl (C=O) groups is 1. The van der Waals surface area contributed by atoms with Crippen molar-refractivity contribution in [3.05, 3.63) is 0 Å². The predicted octanol–water partition coefficient (Wildman–Crippen LogP) is 2.20. The number of hydrogen-bond donors (Lipinski definition) is 2. The molecule has 1 saturated carbocycles. The van der Waals surface area contributed by atoms with Gasteiger partial charge in [0.2, 0.25) is 5.91 Å². The van der Waals surface area contributed by atoms with E-state index in [0.717, 1.165) is 64.5 Å². The molecular weight excluding hydrogens is 264 g/mol. The SMILES string of the molecule is C[C@]12CCN(CC3(O)CCCCC3)[C@H]1CCCCC(=O)N2. The van der Waals surface area contributed by atoms with E-state index < -0.39 is 5.60 Å². The molecular formula is C17H30N2O2. The Bertz CT molecular complexity index is 392.